The van der Waals surface area contributed by atoms with Crippen LogP contribution >= 0.6 is 0 Å². The molecule has 1 rings (SSSR count). The quantitative estimate of drug-likeness (QED) is 0.215. The molecular formula is C17H28O4. The molecule has 0 N–H and O–H groups in total. The lowest BCUT2D eigenvalue weighted by molar-refractivity contribution is -0.386. The van der Waals surface area contributed by atoms with E-state index in [4.69, 9.17) is 14.5 Å². The largest absolute Gasteiger partial charge is 0.430 e. The van der Waals surface area contributed by atoms with Crippen LogP contribution in [0.15, 0.2) is 24.0 Å². The lowest BCUT2D eigenvalue weighted by Gasteiger charge is -2.26. The minimum absolute atomic E-state index is 0.147. The predicted octanol–water partition coefficient (Wildman–Crippen LogP) is 4.66. The Labute approximate surface area is 128 Å². The molecule has 120 valence electrons. The summed E-state index contributed by atoms with van der Waals surface area (Å²) in [7, 11) is 0. The molecule has 0 amide bonds. The van der Waals surface area contributed by atoms with Crippen LogP contribution in [-0.4, -0.2) is 11.8 Å². The SMILES string of the molecule is CCCCCC(=O)OC(C)(C)OOC1=CCC(C)(C)C=C1. The van der Waals surface area contributed by atoms with E-state index in [2.05, 4.69) is 26.8 Å². The highest BCUT2D eigenvalue weighted by Crippen LogP contribution is 2.29. The van der Waals surface area contributed by atoms with Crippen molar-refractivity contribution in [2.75, 3.05) is 0 Å². The van der Waals surface area contributed by atoms with Gasteiger partial charge in [-0.25, -0.2) is 0 Å². The van der Waals surface area contributed by atoms with Gasteiger partial charge in [-0.3, -0.25) is 4.79 Å². The van der Waals surface area contributed by atoms with Gasteiger partial charge in [0, 0.05) is 20.3 Å². The van der Waals surface area contributed by atoms with Crippen molar-refractivity contribution in [2.45, 2.75) is 72.5 Å². The Balaban J connectivity index is 2.34. The van der Waals surface area contributed by atoms with Crippen LogP contribution in [0.5, 0.6) is 0 Å². The summed E-state index contributed by atoms with van der Waals surface area (Å²) in [6.07, 6.45) is 10.2. The van der Waals surface area contributed by atoms with E-state index in [1.807, 2.05) is 12.2 Å². The zero-order chi connectivity index (χ0) is 15.9. The van der Waals surface area contributed by atoms with Crippen molar-refractivity contribution in [2.24, 2.45) is 5.41 Å². The highest BCUT2D eigenvalue weighted by molar-refractivity contribution is 5.69. The van der Waals surface area contributed by atoms with Crippen LogP contribution in [0.1, 0.15) is 66.7 Å². The van der Waals surface area contributed by atoms with E-state index >= 15 is 0 Å². The lowest BCUT2D eigenvalue weighted by atomic mass is 9.86. The number of carbonyl (C=O) groups is 1. The average Bonchev–Trinajstić information content (AvgIpc) is 2.37. The van der Waals surface area contributed by atoms with E-state index in [1.54, 1.807) is 13.8 Å². The van der Waals surface area contributed by atoms with Crippen LogP contribution in [-0.2, 0) is 19.3 Å². The first kappa shape index (κ1) is 17.8. The second-order valence-corrected chi connectivity index (χ2v) is 6.63. The number of esters is 1. The number of hydrogen-bond donors (Lipinski definition) is 0. The first-order valence-electron chi connectivity index (χ1n) is 7.71. The molecule has 1 aliphatic carbocycles. The zero-order valence-corrected chi connectivity index (χ0v) is 13.9. The molecule has 4 heteroatoms. The van der Waals surface area contributed by atoms with Gasteiger partial charge in [0.1, 0.15) is 0 Å². The average molecular weight is 296 g/mol. The summed E-state index contributed by atoms with van der Waals surface area (Å²) in [5.41, 5.74) is 0.147. The van der Waals surface area contributed by atoms with E-state index in [0.717, 1.165) is 25.7 Å². The lowest BCUT2D eigenvalue weighted by Crippen LogP contribution is -2.31. The smallest absolute Gasteiger partial charge is 0.308 e. The highest BCUT2D eigenvalue weighted by atomic mass is 17.2. The van der Waals surface area contributed by atoms with Crippen LogP contribution in [0.4, 0.5) is 0 Å². The molecule has 0 aromatic heterocycles. The number of hydrogen-bond acceptors (Lipinski definition) is 4. The Kier molecular flexibility index (Phi) is 6.46. The molecule has 0 aromatic carbocycles. The fourth-order valence-electron chi connectivity index (χ4n) is 1.88. The van der Waals surface area contributed by atoms with Gasteiger partial charge in [-0.15, -0.1) is 4.89 Å². The summed E-state index contributed by atoms with van der Waals surface area (Å²) < 4.78 is 5.28. The normalized spacial score (nSPS) is 17.3. The predicted molar refractivity (Wildman–Crippen MR) is 82.1 cm³/mol. The molecule has 0 saturated carbocycles. The topological polar surface area (TPSA) is 44.8 Å². The van der Waals surface area contributed by atoms with E-state index in [0.29, 0.717) is 12.2 Å². The van der Waals surface area contributed by atoms with Crippen LogP contribution in [0, 0.1) is 5.41 Å². The van der Waals surface area contributed by atoms with E-state index in [1.165, 1.54) is 0 Å². The highest BCUT2D eigenvalue weighted by Gasteiger charge is 2.26. The Morgan fingerprint density at radius 1 is 1.33 bits per heavy atom. The monoisotopic (exact) mass is 296 g/mol. The maximum absolute atomic E-state index is 11.7. The maximum Gasteiger partial charge on any atom is 0.308 e. The Morgan fingerprint density at radius 3 is 2.62 bits per heavy atom. The van der Waals surface area contributed by atoms with Gasteiger partial charge >= 0.3 is 5.97 Å². The Bertz CT molecular complexity index is 405. The molecule has 21 heavy (non-hydrogen) atoms. The summed E-state index contributed by atoms with van der Waals surface area (Å²) in [6, 6.07) is 0. The number of rotatable bonds is 8. The van der Waals surface area contributed by atoms with Crippen molar-refractivity contribution >= 4 is 5.97 Å². The van der Waals surface area contributed by atoms with Gasteiger partial charge in [0.15, 0.2) is 5.76 Å². The molecule has 0 heterocycles. The van der Waals surface area contributed by atoms with E-state index in [-0.39, 0.29) is 11.4 Å². The summed E-state index contributed by atoms with van der Waals surface area (Å²) in [5, 5.41) is 0. The number of ether oxygens (including phenoxy) is 1. The summed E-state index contributed by atoms with van der Waals surface area (Å²) >= 11 is 0. The molecule has 0 saturated heterocycles. The van der Waals surface area contributed by atoms with Crippen molar-refractivity contribution in [3.63, 3.8) is 0 Å². The van der Waals surface area contributed by atoms with Crippen molar-refractivity contribution in [3.05, 3.63) is 24.0 Å². The van der Waals surface area contributed by atoms with E-state index in [9.17, 15) is 4.79 Å². The third-order valence-electron chi connectivity index (χ3n) is 3.21. The molecule has 0 aliphatic heterocycles. The fourth-order valence-corrected chi connectivity index (χ4v) is 1.88. The second-order valence-electron chi connectivity index (χ2n) is 6.63. The summed E-state index contributed by atoms with van der Waals surface area (Å²) in [6.45, 7) is 9.74. The number of allylic oxidation sites excluding steroid dienone is 3. The number of unbranched alkanes of at least 4 members (excludes halogenated alkanes) is 2. The van der Waals surface area contributed by atoms with Crippen molar-refractivity contribution < 1.29 is 19.3 Å². The molecule has 0 aromatic rings. The fraction of sp³-hybridized carbons (Fsp3) is 0.706. The zero-order valence-electron chi connectivity index (χ0n) is 13.9. The van der Waals surface area contributed by atoms with Gasteiger partial charge in [-0.05, 0) is 30.4 Å². The van der Waals surface area contributed by atoms with Crippen LogP contribution in [0.2, 0.25) is 0 Å². The molecule has 1 aliphatic rings. The molecule has 0 spiro atoms. The first-order valence-corrected chi connectivity index (χ1v) is 7.71. The molecular weight excluding hydrogens is 268 g/mol. The van der Waals surface area contributed by atoms with Gasteiger partial charge in [0.25, 0.3) is 0 Å². The van der Waals surface area contributed by atoms with Crippen LogP contribution < -0.4 is 0 Å². The first-order chi connectivity index (χ1) is 9.74. The van der Waals surface area contributed by atoms with Gasteiger partial charge in [0.05, 0.1) is 0 Å². The maximum atomic E-state index is 11.7. The van der Waals surface area contributed by atoms with Crippen molar-refractivity contribution in [1.82, 2.24) is 0 Å². The molecule has 0 unspecified atom stereocenters. The minimum Gasteiger partial charge on any atom is -0.430 e. The Morgan fingerprint density at radius 2 is 2.05 bits per heavy atom. The summed E-state index contributed by atoms with van der Waals surface area (Å²) in [4.78, 5) is 22.2. The standard InChI is InChI=1S/C17H28O4/c1-6-7-8-9-15(18)19-17(4,5)21-20-14-10-12-16(2,3)13-11-14/h10-12H,6-9,13H2,1-5H3. The van der Waals surface area contributed by atoms with Crippen molar-refractivity contribution in [1.29, 1.82) is 0 Å². The van der Waals surface area contributed by atoms with Crippen LogP contribution in [0.3, 0.4) is 0 Å². The third kappa shape index (κ3) is 7.32. The Hall–Kier alpha value is -1.29. The molecule has 0 atom stereocenters. The third-order valence-corrected chi connectivity index (χ3v) is 3.21. The van der Waals surface area contributed by atoms with Crippen LogP contribution in [0.25, 0.3) is 0 Å². The van der Waals surface area contributed by atoms with E-state index < -0.39 is 5.79 Å². The molecule has 0 radical (unpaired) electrons. The molecule has 0 bridgehead atoms. The second kappa shape index (κ2) is 7.64. The van der Waals surface area contributed by atoms with Gasteiger partial charge in [-0.1, -0.05) is 39.7 Å². The van der Waals surface area contributed by atoms with Gasteiger partial charge < -0.3 is 9.62 Å². The minimum atomic E-state index is -1.09. The molecule has 4 nitrogen and oxygen atoms in total. The van der Waals surface area contributed by atoms with Gasteiger partial charge in [0.2, 0.25) is 5.79 Å². The summed E-state index contributed by atoms with van der Waals surface area (Å²) in [5.74, 6) is -0.707. The van der Waals surface area contributed by atoms with Gasteiger partial charge in [-0.2, -0.15) is 0 Å². The van der Waals surface area contributed by atoms with Crippen molar-refractivity contribution in [3.8, 4) is 0 Å². The number of carbonyl (C=O) groups excluding carboxylic acids is 1. The molecule has 0 fully saturated rings.